The smallest absolute Gasteiger partial charge is 0.0728 e. The fourth-order valence-electron chi connectivity index (χ4n) is 2.95. The molecule has 1 aliphatic rings. The molecular formula is C16H30O. The van der Waals surface area contributed by atoms with Gasteiger partial charge in [-0.05, 0) is 31.1 Å². The van der Waals surface area contributed by atoms with Gasteiger partial charge in [-0.1, -0.05) is 64.5 Å². The molecule has 0 aromatic heterocycles. The van der Waals surface area contributed by atoms with Gasteiger partial charge in [0.25, 0.3) is 0 Å². The Kier molecular flexibility index (Phi) is 6.26. The average Bonchev–Trinajstić information content (AvgIpc) is 2.20. The predicted molar refractivity (Wildman–Crippen MR) is 75.1 cm³/mol. The fourth-order valence-corrected chi connectivity index (χ4v) is 2.95. The van der Waals surface area contributed by atoms with Crippen LogP contribution in [-0.4, -0.2) is 11.2 Å². The minimum atomic E-state index is -0.200. The van der Waals surface area contributed by atoms with E-state index >= 15 is 0 Å². The van der Waals surface area contributed by atoms with Crippen molar-refractivity contribution in [3.63, 3.8) is 0 Å². The first-order chi connectivity index (χ1) is 8.03. The summed E-state index contributed by atoms with van der Waals surface area (Å²) in [6.07, 6.45) is 13.4. The van der Waals surface area contributed by atoms with E-state index in [4.69, 9.17) is 0 Å². The Hall–Kier alpha value is -0.300. The fraction of sp³-hybridized carbons (Fsp3) is 0.875. The Balaban J connectivity index is 2.18. The first kappa shape index (κ1) is 14.8. The van der Waals surface area contributed by atoms with Crippen molar-refractivity contribution < 1.29 is 5.11 Å². The number of hydrogen-bond donors (Lipinski definition) is 1. The summed E-state index contributed by atoms with van der Waals surface area (Å²) in [6.45, 7) is 6.80. The molecule has 1 nitrogen and oxygen atoms in total. The Morgan fingerprint density at radius 3 is 2.47 bits per heavy atom. The molecule has 0 aromatic rings. The Morgan fingerprint density at radius 1 is 1.18 bits per heavy atom. The molecule has 0 fully saturated rings. The first-order valence-corrected chi connectivity index (χ1v) is 7.41. The minimum absolute atomic E-state index is 0.200. The molecule has 100 valence electrons. The van der Waals surface area contributed by atoms with Crippen LogP contribution in [0.5, 0.6) is 0 Å². The molecule has 0 saturated carbocycles. The summed E-state index contributed by atoms with van der Waals surface area (Å²) in [7, 11) is 0. The molecule has 1 heteroatoms. The number of aliphatic hydroxyl groups excluding tert-OH is 1. The molecule has 1 rings (SSSR count). The second kappa shape index (κ2) is 7.20. The van der Waals surface area contributed by atoms with Crippen LogP contribution in [0.2, 0.25) is 0 Å². The maximum Gasteiger partial charge on any atom is 0.0728 e. The van der Waals surface area contributed by atoms with Crippen LogP contribution in [0, 0.1) is 5.41 Å². The highest BCUT2D eigenvalue weighted by Gasteiger charge is 2.26. The van der Waals surface area contributed by atoms with E-state index in [1.54, 1.807) is 0 Å². The van der Waals surface area contributed by atoms with Crippen molar-refractivity contribution >= 4 is 0 Å². The van der Waals surface area contributed by atoms with Crippen molar-refractivity contribution in [1.29, 1.82) is 0 Å². The molecule has 0 amide bonds. The first-order valence-electron chi connectivity index (χ1n) is 7.41. The largest absolute Gasteiger partial charge is 0.389 e. The van der Waals surface area contributed by atoms with E-state index in [9.17, 15) is 5.11 Å². The third-order valence-electron chi connectivity index (χ3n) is 3.75. The van der Waals surface area contributed by atoms with Crippen molar-refractivity contribution in [1.82, 2.24) is 0 Å². The van der Waals surface area contributed by atoms with E-state index < -0.39 is 0 Å². The maximum absolute atomic E-state index is 9.81. The summed E-state index contributed by atoms with van der Waals surface area (Å²) in [4.78, 5) is 0. The molecule has 1 atom stereocenters. The molecule has 0 aromatic carbocycles. The second-order valence-corrected chi connectivity index (χ2v) is 6.46. The van der Waals surface area contributed by atoms with Gasteiger partial charge in [-0.25, -0.2) is 0 Å². The molecule has 0 spiro atoms. The third-order valence-corrected chi connectivity index (χ3v) is 3.75. The third kappa shape index (κ3) is 6.26. The number of hydrogen-bond acceptors (Lipinski definition) is 1. The van der Waals surface area contributed by atoms with E-state index in [0.717, 1.165) is 6.42 Å². The topological polar surface area (TPSA) is 20.2 Å². The monoisotopic (exact) mass is 238 g/mol. The lowest BCUT2D eigenvalue weighted by Gasteiger charge is -2.32. The standard InChI is InChI=1S/C16H30O/c1-4-5-6-7-8-9-10-14-11-15(17)13-16(2,3)12-14/h11,15,17H,4-10,12-13H2,1-3H3. The maximum atomic E-state index is 9.81. The quantitative estimate of drug-likeness (QED) is 0.497. The highest BCUT2D eigenvalue weighted by atomic mass is 16.3. The van der Waals surface area contributed by atoms with Gasteiger partial charge in [0.15, 0.2) is 0 Å². The molecule has 0 heterocycles. The number of allylic oxidation sites excluding steroid dienone is 1. The van der Waals surface area contributed by atoms with E-state index in [1.807, 2.05) is 0 Å². The summed E-state index contributed by atoms with van der Waals surface area (Å²) in [5.74, 6) is 0. The van der Waals surface area contributed by atoms with Crippen LogP contribution in [0.4, 0.5) is 0 Å². The van der Waals surface area contributed by atoms with E-state index in [2.05, 4.69) is 26.8 Å². The lowest BCUT2D eigenvalue weighted by Crippen LogP contribution is -2.24. The van der Waals surface area contributed by atoms with Gasteiger partial charge in [-0.3, -0.25) is 0 Å². The molecule has 17 heavy (non-hydrogen) atoms. The molecule has 1 unspecified atom stereocenters. The zero-order valence-corrected chi connectivity index (χ0v) is 12.0. The summed E-state index contributed by atoms with van der Waals surface area (Å²) >= 11 is 0. The van der Waals surface area contributed by atoms with Gasteiger partial charge in [-0.2, -0.15) is 0 Å². The number of aliphatic hydroxyl groups is 1. The van der Waals surface area contributed by atoms with Crippen molar-refractivity contribution in [2.75, 3.05) is 0 Å². The minimum Gasteiger partial charge on any atom is -0.389 e. The normalized spacial score (nSPS) is 23.5. The zero-order chi connectivity index (χ0) is 12.7. The molecule has 0 radical (unpaired) electrons. The van der Waals surface area contributed by atoms with Crippen LogP contribution in [0.3, 0.4) is 0 Å². The second-order valence-electron chi connectivity index (χ2n) is 6.46. The van der Waals surface area contributed by atoms with Crippen molar-refractivity contribution in [3.8, 4) is 0 Å². The molecule has 1 aliphatic carbocycles. The Morgan fingerprint density at radius 2 is 1.82 bits per heavy atom. The lowest BCUT2D eigenvalue weighted by molar-refractivity contribution is 0.137. The molecular weight excluding hydrogens is 208 g/mol. The van der Waals surface area contributed by atoms with E-state index in [1.165, 1.54) is 56.9 Å². The van der Waals surface area contributed by atoms with Gasteiger partial charge >= 0.3 is 0 Å². The van der Waals surface area contributed by atoms with Crippen molar-refractivity contribution in [3.05, 3.63) is 11.6 Å². The zero-order valence-electron chi connectivity index (χ0n) is 12.0. The molecule has 1 N–H and O–H groups in total. The van der Waals surface area contributed by atoms with E-state index in [0.29, 0.717) is 5.41 Å². The van der Waals surface area contributed by atoms with Crippen LogP contribution in [0.1, 0.15) is 78.6 Å². The van der Waals surface area contributed by atoms with Gasteiger partial charge in [0, 0.05) is 0 Å². The number of rotatable bonds is 7. The van der Waals surface area contributed by atoms with Crippen LogP contribution in [-0.2, 0) is 0 Å². The molecule has 0 aliphatic heterocycles. The Bertz CT molecular complexity index is 240. The molecule has 0 saturated heterocycles. The van der Waals surface area contributed by atoms with E-state index in [-0.39, 0.29) is 6.10 Å². The summed E-state index contributed by atoms with van der Waals surface area (Å²) in [5, 5.41) is 9.81. The lowest BCUT2D eigenvalue weighted by atomic mass is 9.75. The summed E-state index contributed by atoms with van der Waals surface area (Å²) in [6, 6.07) is 0. The number of unbranched alkanes of at least 4 members (excludes halogenated alkanes) is 5. The highest BCUT2D eigenvalue weighted by molar-refractivity contribution is 5.12. The van der Waals surface area contributed by atoms with Gasteiger partial charge in [0.05, 0.1) is 6.10 Å². The van der Waals surface area contributed by atoms with Gasteiger partial charge < -0.3 is 5.11 Å². The molecule has 0 bridgehead atoms. The van der Waals surface area contributed by atoms with Gasteiger partial charge in [0.1, 0.15) is 0 Å². The van der Waals surface area contributed by atoms with Crippen LogP contribution >= 0.6 is 0 Å². The van der Waals surface area contributed by atoms with Gasteiger partial charge in [-0.15, -0.1) is 0 Å². The average molecular weight is 238 g/mol. The van der Waals surface area contributed by atoms with Crippen LogP contribution in [0.15, 0.2) is 11.6 Å². The SMILES string of the molecule is CCCCCCCCC1=CC(O)CC(C)(C)C1. The summed E-state index contributed by atoms with van der Waals surface area (Å²) < 4.78 is 0. The van der Waals surface area contributed by atoms with Crippen LogP contribution in [0.25, 0.3) is 0 Å². The van der Waals surface area contributed by atoms with Crippen LogP contribution < -0.4 is 0 Å². The predicted octanol–water partition coefficient (Wildman–Crippen LogP) is 4.84. The summed E-state index contributed by atoms with van der Waals surface area (Å²) in [5.41, 5.74) is 1.79. The Labute approximate surface area is 107 Å². The van der Waals surface area contributed by atoms with Gasteiger partial charge in [0.2, 0.25) is 0 Å². The highest BCUT2D eigenvalue weighted by Crippen LogP contribution is 2.37. The van der Waals surface area contributed by atoms with Crippen molar-refractivity contribution in [2.45, 2.75) is 84.7 Å². The van der Waals surface area contributed by atoms with Crippen molar-refractivity contribution in [2.24, 2.45) is 5.41 Å².